The minimum Gasteiger partial charge on any atom is -0.459 e. The van der Waals surface area contributed by atoms with E-state index in [0.29, 0.717) is 0 Å². The average Bonchev–Trinajstić information content (AvgIpc) is 2.48. The number of cyclic esters (lactones) is 3. The van der Waals surface area contributed by atoms with Crippen LogP contribution in [0.15, 0.2) is 24.3 Å². The number of ketones is 1. The van der Waals surface area contributed by atoms with Crippen LogP contribution in [0.4, 0.5) is 0 Å². The fourth-order valence-corrected chi connectivity index (χ4v) is 1.73. The van der Waals surface area contributed by atoms with Gasteiger partial charge in [0.2, 0.25) is 0 Å². The third-order valence-electron chi connectivity index (χ3n) is 3.08. The zero-order valence-corrected chi connectivity index (χ0v) is 13.6. The highest BCUT2D eigenvalue weighted by Gasteiger charge is 2.21. The summed E-state index contributed by atoms with van der Waals surface area (Å²) in [7, 11) is 0. The maximum atomic E-state index is 11.8. The SMILES string of the molecule is C[C@@H]1CC(=O)O[C@@H](C)C(=O)/C=C/C(=O)O[C@@H](C)[C@H](O)/C=C/C(=O)O1. The van der Waals surface area contributed by atoms with Crippen LogP contribution in [0.2, 0.25) is 0 Å². The van der Waals surface area contributed by atoms with Crippen LogP contribution in [0.25, 0.3) is 0 Å². The van der Waals surface area contributed by atoms with Gasteiger partial charge in [-0.05, 0) is 32.9 Å². The highest BCUT2D eigenvalue weighted by atomic mass is 16.6. The van der Waals surface area contributed by atoms with Gasteiger partial charge in [0, 0.05) is 12.2 Å². The molecule has 1 aliphatic heterocycles. The minimum absolute atomic E-state index is 0.234. The Morgan fingerprint density at radius 2 is 1.54 bits per heavy atom. The first-order valence-electron chi connectivity index (χ1n) is 7.38. The maximum absolute atomic E-state index is 11.8. The van der Waals surface area contributed by atoms with Crippen molar-refractivity contribution in [3.63, 3.8) is 0 Å². The molecule has 0 fully saturated rings. The van der Waals surface area contributed by atoms with Crippen molar-refractivity contribution < 1.29 is 38.5 Å². The number of carbonyl (C=O) groups excluding carboxylic acids is 4. The normalized spacial score (nSPS) is 33.2. The van der Waals surface area contributed by atoms with Gasteiger partial charge in [0.25, 0.3) is 0 Å². The van der Waals surface area contributed by atoms with Gasteiger partial charge in [-0.15, -0.1) is 0 Å². The molecule has 0 amide bonds. The second-order valence-corrected chi connectivity index (χ2v) is 5.31. The number of hydrogen-bond acceptors (Lipinski definition) is 8. The molecule has 0 aromatic heterocycles. The van der Waals surface area contributed by atoms with Gasteiger partial charge >= 0.3 is 17.9 Å². The summed E-state index contributed by atoms with van der Waals surface area (Å²) in [5.41, 5.74) is 0. The van der Waals surface area contributed by atoms with Gasteiger partial charge in [-0.1, -0.05) is 0 Å². The molecule has 1 aliphatic rings. The van der Waals surface area contributed by atoms with Crippen molar-refractivity contribution >= 4 is 23.7 Å². The first-order chi connectivity index (χ1) is 11.2. The van der Waals surface area contributed by atoms with E-state index in [2.05, 4.69) is 0 Å². The third kappa shape index (κ3) is 6.74. The molecule has 0 aliphatic carbocycles. The monoisotopic (exact) mass is 340 g/mol. The number of esters is 3. The quantitative estimate of drug-likeness (QED) is 0.492. The van der Waals surface area contributed by atoms with Crippen LogP contribution >= 0.6 is 0 Å². The van der Waals surface area contributed by atoms with Gasteiger partial charge in [-0.25, -0.2) is 9.59 Å². The lowest BCUT2D eigenvalue weighted by molar-refractivity contribution is -0.157. The summed E-state index contributed by atoms with van der Waals surface area (Å²) in [6.45, 7) is 4.26. The van der Waals surface area contributed by atoms with Crippen molar-refractivity contribution in [2.24, 2.45) is 0 Å². The smallest absolute Gasteiger partial charge is 0.331 e. The van der Waals surface area contributed by atoms with Gasteiger partial charge in [0.15, 0.2) is 11.9 Å². The lowest BCUT2D eigenvalue weighted by Gasteiger charge is -2.17. The van der Waals surface area contributed by atoms with Crippen molar-refractivity contribution in [3.05, 3.63) is 24.3 Å². The van der Waals surface area contributed by atoms with Crippen LogP contribution in [-0.4, -0.2) is 53.2 Å². The van der Waals surface area contributed by atoms with E-state index < -0.39 is 48.1 Å². The number of ether oxygens (including phenoxy) is 3. The first kappa shape index (κ1) is 19.6. The summed E-state index contributed by atoms with van der Waals surface area (Å²) < 4.78 is 14.7. The van der Waals surface area contributed by atoms with Gasteiger partial charge < -0.3 is 19.3 Å². The van der Waals surface area contributed by atoms with Crippen LogP contribution in [0.1, 0.15) is 27.2 Å². The Morgan fingerprint density at radius 3 is 2.21 bits per heavy atom. The van der Waals surface area contributed by atoms with Gasteiger partial charge in [-0.3, -0.25) is 9.59 Å². The van der Waals surface area contributed by atoms with E-state index in [4.69, 9.17) is 14.2 Å². The Balaban J connectivity index is 2.93. The van der Waals surface area contributed by atoms with E-state index in [0.717, 1.165) is 24.3 Å². The number of aliphatic hydroxyl groups is 1. The molecular formula is C16H20O8. The molecule has 0 spiro atoms. The van der Waals surface area contributed by atoms with Crippen LogP contribution in [0, 0.1) is 0 Å². The molecule has 0 aromatic rings. The molecule has 0 saturated heterocycles. The standard InChI is InChI=1S/C16H20O8/c1-9-8-16(21)24-11(3)13(18)5-7-15(20)23-10(2)12(17)4-6-14(19)22-9/h4-7,9-12,17H,8H2,1-3H3/b6-4+,7-5+/t9-,10+,11+,12-/m1/s1. The summed E-state index contributed by atoms with van der Waals surface area (Å²) in [4.78, 5) is 46.6. The highest BCUT2D eigenvalue weighted by Crippen LogP contribution is 2.07. The number of hydrogen-bond donors (Lipinski definition) is 1. The Hall–Kier alpha value is -2.48. The summed E-state index contributed by atoms with van der Waals surface area (Å²) in [5.74, 6) is -2.96. The molecule has 24 heavy (non-hydrogen) atoms. The van der Waals surface area contributed by atoms with E-state index >= 15 is 0 Å². The topological polar surface area (TPSA) is 116 Å². The molecule has 0 bridgehead atoms. The summed E-state index contributed by atoms with van der Waals surface area (Å²) in [5, 5.41) is 9.79. The van der Waals surface area contributed by atoms with Gasteiger partial charge in [0.1, 0.15) is 18.3 Å². The van der Waals surface area contributed by atoms with Crippen molar-refractivity contribution in [2.75, 3.05) is 0 Å². The molecule has 1 N–H and O–H groups in total. The van der Waals surface area contributed by atoms with Crippen LogP contribution < -0.4 is 0 Å². The van der Waals surface area contributed by atoms with Crippen molar-refractivity contribution in [2.45, 2.75) is 51.6 Å². The van der Waals surface area contributed by atoms with Crippen molar-refractivity contribution in [1.29, 1.82) is 0 Å². The number of aliphatic hydroxyl groups excluding tert-OH is 1. The minimum atomic E-state index is -1.24. The van der Waals surface area contributed by atoms with Crippen LogP contribution in [-0.2, 0) is 33.4 Å². The van der Waals surface area contributed by atoms with Gasteiger partial charge in [0.05, 0.1) is 6.42 Å². The first-order valence-corrected chi connectivity index (χ1v) is 7.38. The Kier molecular flexibility index (Phi) is 7.31. The molecule has 1 rings (SSSR count). The molecular weight excluding hydrogens is 320 g/mol. The summed E-state index contributed by atoms with van der Waals surface area (Å²) >= 11 is 0. The van der Waals surface area contributed by atoms with E-state index in [1.54, 1.807) is 0 Å². The summed E-state index contributed by atoms with van der Waals surface area (Å²) in [6, 6.07) is 0. The molecule has 1 heterocycles. The van der Waals surface area contributed by atoms with Crippen LogP contribution in [0.5, 0.6) is 0 Å². The summed E-state index contributed by atoms with van der Waals surface area (Å²) in [6.07, 6.45) is -0.388. The fourth-order valence-electron chi connectivity index (χ4n) is 1.73. The predicted molar refractivity (Wildman–Crippen MR) is 80.6 cm³/mol. The highest BCUT2D eigenvalue weighted by molar-refractivity contribution is 5.99. The lowest BCUT2D eigenvalue weighted by atomic mass is 10.2. The second kappa shape index (κ2) is 8.97. The largest absolute Gasteiger partial charge is 0.459 e. The predicted octanol–water partition coefficient (Wildman–Crippen LogP) is 0.228. The molecule has 8 heteroatoms. The lowest BCUT2D eigenvalue weighted by Crippen LogP contribution is -2.28. The molecule has 0 saturated carbocycles. The maximum Gasteiger partial charge on any atom is 0.331 e. The average molecular weight is 340 g/mol. The number of carbonyl (C=O) groups is 4. The molecule has 0 aromatic carbocycles. The van der Waals surface area contributed by atoms with Crippen molar-refractivity contribution in [1.82, 2.24) is 0 Å². The fraction of sp³-hybridized carbons (Fsp3) is 0.500. The van der Waals surface area contributed by atoms with E-state index in [1.165, 1.54) is 20.8 Å². The molecule has 8 nitrogen and oxygen atoms in total. The van der Waals surface area contributed by atoms with Gasteiger partial charge in [-0.2, -0.15) is 0 Å². The van der Waals surface area contributed by atoms with Crippen molar-refractivity contribution in [3.8, 4) is 0 Å². The second-order valence-electron chi connectivity index (χ2n) is 5.31. The Labute approximate surface area is 139 Å². The van der Waals surface area contributed by atoms with E-state index in [9.17, 15) is 24.3 Å². The zero-order chi connectivity index (χ0) is 18.3. The van der Waals surface area contributed by atoms with E-state index in [1.807, 2.05) is 0 Å². The Morgan fingerprint density at radius 1 is 0.917 bits per heavy atom. The zero-order valence-electron chi connectivity index (χ0n) is 13.6. The molecule has 132 valence electrons. The molecule has 4 atom stereocenters. The third-order valence-corrected chi connectivity index (χ3v) is 3.08. The number of rotatable bonds is 0. The van der Waals surface area contributed by atoms with E-state index in [-0.39, 0.29) is 6.42 Å². The molecule has 0 unspecified atom stereocenters. The Bertz CT molecular complexity index is 562. The van der Waals surface area contributed by atoms with Crippen LogP contribution in [0.3, 0.4) is 0 Å². The molecule has 0 radical (unpaired) electrons.